The van der Waals surface area contributed by atoms with E-state index in [1.54, 1.807) is 6.07 Å². The van der Waals surface area contributed by atoms with Gasteiger partial charge in [0, 0.05) is 16.3 Å². The van der Waals surface area contributed by atoms with Crippen molar-refractivity contribution in [3.8, 4) is 16.9 Å². The van der Waals surface area contributed by atoms with Crippen LogP contribution in [0.15, 0.2) is 48.5 Å². The molecule has 3 aromatic rings. The number of carbonyl (C=O) groups excluding carboxylic acids is 1. The molecule has 0 saturated carbocycles. The Morgan fingerprint density at radius 2 is 1.78 bits per heavy atom. The third kappa shape index (κ3) is 7.11. The van der Waals surface area contributed by atoms with Crippen molar-refractivity contribution < 1.29 is 23.7 Å². The van der Waals surface area contributed by atoms with Crippen LogP contribution in [-0.4, -0.2) is 17.0 Å². The van der Waals surface area contributed by atoms with Gasteiger partial charge in [-0.1, -0.05) is 73.0 Å². The summed E-state index contributed by atoms with van der Waals surface area (Å²) in [4.78, 5) is 12.6. The van der Waals surface area contributed by atoms with Crippen molar-refractivity contribution in [2.75, 3.05) is 6.54 Å². The second-order valence-corrected chi connectivity index (χ2v) is 9.38. The van der Waals surface area contributed by atoms with Gasteiger partial charge in [-0.3, -0.25) is 0 Å². The molecule has 0 fully saturated rings. The Morgan fingerprint density at radius 1 is 1.08 bits per heavy atom. The molecule has 186 valence electrons. The van der Waals surface area contributed by atoms with E-state index in [1.807, 2.05) is 19.1 Å². The van der Waals surface area contributed by atoms with Crippen LogP contribution in [0.5, 0.6) is 0 Å². The standard InChI is InChI=1S/C25H24Cl2N2O.C5H10.Li/c1-3-4-5-6-17-7-9-18(10-8-17)24-16(2)23-22(13-14-28-25(23)30)29(24)21-12-11-19(26)15-20(21)27;1-3-5-4-2;/h5-12,15H,3-4,13-14H2,1-2H3,(H,28,30);1-5H2;/q;-2;+1/p-1/b6-5+;;. The van der Waals surface area contributed by atoms with Gasteiger partial charge in [0.15, 0.2) is 0 Å². The van der Waals surface area contributed by atoms with E-state index in [0.717, 1.165) is 59.4 Å². The largest absolute Gasteiger partial charge is 1.00 e. The van der Waals surface area contributed by atoms with Crippen molar-refractivity contribution in [2.45, 2.75) is 52.4 Å². The van der Waals surface area contributed by atoms with Crippen molar-refractivity contribution in [1.29, 1.82) is 0 Å². The maximum absolute atomic E-state index is 12.6. The number of halogens is 2. The minimum Gasteiger partial charge on any atom is -0.649 e. The van der Waals surface area contributed by atoms with Gasteiger partial charge in [-0.15, -0.1) is 13.0 Å². The van der Waals surface area contributed by atoms with Crippen molar-refractivity contribution in [2.24, 2.45) is 0 Å². The van der Waals surface area contributed by atoms with Gasteiger partial charge in [0.05, 0.1) is 22.3 Å². The molecule has 2 heterocycles. The fraction of sp³-hybridized carbons (Fsp3) is 0.300. The van der Waals surface area contributed by atoms with Crippen LogP contribution >= 0.6 is 23.2 Å². The summed E-state index contributed by atoms with van der Waals surface area (Å²) >= 11 is 12.7. The number of nitrogens with zero attached hydrogens (tertiary/aromatic N) is 2. The molecule has 1 aliphatic heterocycles. The third-order valence-electron chi connectivity index (χ3n) is 5.93. The van der Waals surface area contributed by atoms with Crippen molar-refractivity contribution in [1.82, 2.24) is 4.57 Å². The third-order valence-corrected chi connectivity index (χ3v) is 6.47. The molecule has 0 atom stereocenters. The van der Waals surface area contributed by atoms with E-state index in [0.29, 0.717) is 28.6 Å². The number of carbonyl (C=O) groups is 1. The average Bonchev–Trinajstić information content (AvgIpc) is 3.14. The molecule has 0 spiro atoms. The molecule has 1 aromatic heterocycles. The first-order valence-corrected chi connectivity index (χ1v) is 12.9. The quantitative estimate of drug-likeness (QED) is 0.262. The molecule has 1 aliphatic rings. The summed E-state index contributed by atoms with van der Waals surface area (Å²) in [5.74, 6) is -0.155. The molecule has 0 saturated heterocycles. The van der Waals surface area contributed by atoms with Crippen LogP contribution in [0.1, 0.15) is 66.2 Å². The summed E-state index contributed by atoms with van der Waals surface area (Å²) in [6.45, 7) is 11.9. The Labute approximate surface area is 238 Å². The van der Waals surface area contributed by atoms with Gasteiger partial charge in [-0.2, -0.15) is 12.8 Å². The molecule has 0 aliphatic carbocycles. The van der Waals surface area contributed by atoms with Gasteiger partial charge in [0.25, 0.3) is 0 Å². The van der Waals surface area contributed by atoms with Crippen molar-refractivity contribution >= 4 is 35.2 Å². The monoisotopic (exact) mass is 514 g/mol. The average molecular weight is 515 g/mol. The topological polar surface area (TPSA) is 36.1 Å². The summed E-state index contributed by atoms with van der Waals surface area (Å²) in [5.41, 5.74) is 6.56. The zero-order chi connectivity index (χ0) is 25.4. The van der Waals surface area contributed by atoms with Gasteiger partial charge in [0.1, 0.15) is 0 Å². The SMILES string of the molecule is CCC/C=C/c1ccc(-c2c(C)c3c(n2-c2ccc(Cl)cc2Cl)CC[N-]C3=O)cc1.[CH2-]CCC[CH2-].[Li+]. The van der Waals surface area contributed by atoms with Crippen LogP contribution < -0.4 is 18.9 Å². The van der Waals surface area contributed by atoms with Crippen LogP contribution in [-0.2, 0) is 6.42 Å². The Morgan fingerprint density at radius 3 is 2.36 bits per heavy atom. The second kappa shape index (κ2) is 14.7. The van der Waals surface area contributed by atoms with Crippen LogP contribution in [0.25, 0.3) is 28.3 Å². The Bertz CT molecular complexity index is 1180. The number of rotatable bonds is 7. The first-order chi connectivity index (χ1) is 16.9. The molecule has 0 N–H and O–H groups in total. The first-order valence-electron chi connectivity index (χ1n) is 12.2. The van der Waals surface area contributed by atoms with E-state index in [-0.39, 0.29) is 24.8 Å². The summed E-state index contributed by atoms with van der Waals surface area (Å²) in [6, 6.07) is 13.9. The molecular formula is C30H33Cl2LiN2O-2. The molecule has 4 rings (SSSR count). The van der Waals surface area contributed by atoms with Crippen LogP contribution in [0, 0.1) is 20.8 Å². The maximum atomic E-state index is 12.6. The van der Waals surface area contributed by atoms with Gasteiger partial charge in [-0.25, -0.2) is 0 Å². The molecule has 36 heavy (non-hydrogen) atoms. The minimum atomic E-state index is -0.155. The van der Waals surface area contributed by atoms with E-state index in [1.165, 1.54) is 6.42 Å². The second-order valence-electron chi connectivity index (χ2n) is 8.54. The summed E-state index contributed by atoms with van der Waals surface area (Å²) in [7, 11) is 0. The molecule has 0 radical (unpaired) electrons. The predicted octanol–water partition coefficient (Wildman–Crippen LogP) is 6.47. The Balaban J connectivity index is 0.000000694. The van der Waals surface area contributed by atoms with Gasteiger partial charge < -0.3 is 28.5 Å². The Kier molecular flexibility index (Phi) is 12.4. The van der Waals surface area contributed by atoms with Crippen molar-refractivity contribution in [3.63, 3.8) is 0 Å². The zero-order valence-electron chi connectivity index (χ0n) is 21.6. The first kappa shape index (κ1) is 30.3. The fourth-order valence-corrected chi connectivity index (χ4v) is 4.69. The maximum Gasteiger partial charge on any atom is 1.00 e. The smallest absolute Gasteiger partial charge is 0.649 e. The molecule has 3 nitrogen and oxygen atoms in total. The molecule has 6 heteroatoms. The van der Waals surface area contributed by atoms with Gasteiger partial charge in [-0.05, 0) is 54.7 Å². The minimum absolute atomic E-state index is 0. The number of aromatic nitrogens is 1. The van der Waals surface area contributed by atoms with Crippen LogP contribution in [0.2, 0.25) is 10.0 Å². The number of hydrogen-bond donors (Lipinski definition) is 0. The number of fused-ring (bicyclic) bond motifs is 1. The van der Waals surface area contributed by atoms with E-state index in [2.05, 4.69) is 67.1 Å². The number of hydrogen-bond acceptors (Lipinski definition) is 1. The van der Waals surface area contributed by atoms with Crippen LogP contribution in [0.3, 0.4) is 0 Å². The number of allylic oxidation sites excluding steroid dienone is 1. The number of amides is 1. The molecule has 0 unspecified atom stereocenters. The van der Waals surface area contributed by atoms with Gasteiger partial charge in [0.2, 0.25) is 0 Å². The normalized spacial score (nSPS) is 12.4. The molecular weight excluding hydrogens is 482 g/mol. The van der Waals surface area contributed by atoms with E-state index in [9.17, 15) is 4.79 Å². The summed E-state index contributed by atoms with van der Waals surface area (Å²) < 4.78 is 2.11. The molecule has 1 amide bonds. The fourth-order valence-electron chi connectivity index (χ4n) is 4.20. The number of benzene rings is 2. The van der Waals surface area contributed by atoms with Crippen LogP contribution in [0.4, 0.5) is 0 Å². The molecule has 2 aromatic carbocycles. The van der Waals surface area contributed by atoms with Crippen molar-refractivity contribution in [3.05, 3.63) is 100 Å². The summed E-state index contributed by atoms with van der Waals surface area (Å²) in [5, 5.41) is 5.28. The number of unbranched alkanes of at least 4 members (excludes halogenated alkanes) is 3. The van der Waals surface area contributed by atoms with E-state index < -0.39 is 0 Å². The summed E-state index contributed by atoms with van der Waals surface area (Å²) in [6.07, 6.45) is 10.5. The predicted molar refractivity (Wildman–Crippen MR) is 151 cm³/mol. The Hall–Kier alpha value is -1.89. The van der Waals surface area contributed by atoms with Gasteiger partial charge >= 0.3 is 18.9 Å². The zero-order valence-corrected chi connectivity index (χ0v) is 23.1. The molecule has 0 bridgehead atoms. The van der Waals surface area contributed by atoms with E-state index >= 15 is 0 Å². The van der Waals surface area contributed by atoms with E-state index in [4.69, 9.17) is 23.2 Å².